The minimum atomic E-state index is -0.824. The molecule has 0 aromatic rings. The molecule has 0 bridgehead atoms. The van der Waals surface area contributed by atoms with Crippen LogP contribution in [0.2, 0.25) is 0 Å². The van der Waals surface area contributed by atoms with E-state index >= 15 is 0 Å². The van der Waals surface area contributed by atoms with Crippen LogP contribution in [0.25, 0.3) is 0 Å². The highest BCUT2D eigenvalue weighted by Gasteiger charge is 2.27. The fraction of sp³-hybridized carbons (Fsp3) is 0.848. The van der Waals surface area contributed by atoms with E-state index in [0.717, 1.165) is 19.4 Å². The van der Waals surface area contributed by atoms with E-state index in [1.807, 2.05) is 0 Å². The Kier molecular flexibility index (Phi) is 26.0. The molecule has 0 rings (SSSR count). The second-order valence-corrected chi connectivity index (χ2v) is 11.7. The lowest BCUT2D eigenvalue weighted by Crippen LogP contribution is -2.51. The molecular formula is C33H62NO6+. The molecule has 3 N–H and O–H groups in total. The van der Waals surface area contributed by atoms with Crippen molar-refractivity contribution >= 4 is 17.9 Å². The SMILES string of the molecule is CCCCCC/C=C/CCCCCCCCCCCCC[N+](CCCC(=O)O)(CCCC(=O)O)CCCC(=O)O. The minimum Gasteiger partial charge on any atom is -0.481 e. The van der Waals surface area contributed by atoms with Gasteiger partial charge in [-0.25, -0.2) is 0 Å². The van der Waals surface area contributed by atoms with Crippen molar-refractivity contribution in [2.45, 2.75) is 155 Å². The molecule has 7 nitrogen and oxygen atoms in total. The van der Waals surface area contributed by atoms with E-state index < -0.39 is 17.9 Å². The molecule has 0 spiro atoms. The Balaban J connectivity index is 4.13. The number of unbranched alkanes of at least 4 members (excludes halogenated alkanes) is 15. The molecule has 7 heteroatoms. The Morgan fingerprint density at radius 2 is 0.750 bits per heavy atom. The predicted octanol–water partition coefficient (Wildman–Crippen LogP) is 8.61. The number of hydrogen-bond acceptors (Lipinski definition) is 3. The molecule has 234 valence electrons. The summed E-state index contributed by atoms with van der Waals surface area (Å²) in [5.41, 5.74) is 0. The van der Waals surface area contributed by atoms with E-state index in [2.05, 4.69) is 19.1 Å². The van der Waals surface area contributed by atoms with Crippen molar-refractivity contribution in [2.24, 2.45) is 0 Å². The van der Waals surface area contributed by atoms with Crippen LogP contribution in [-0.2, 0) is 14.4 Å². The third kappa shape index (κ3) is 26.3. The first-order valence-corrected chi connectivity index (χ1v) is 16.5. The van der Waals surface area contributed by atoms with Crippen molar-refractivity contribution in [1.29, 1.82) is 0 Å². The fourth-order valence-corrected chi connectivity index (χ4v) is 5.59. The second kappa shape index (κ2) is 27.3. The van der Waals surface area contributed by atoms with Gasteiger partial charge in [-0.2, -0.15) is 0 Å². The smallest absolute Gasteiger partial charge is 0.303 e. The Labute approximate surface area is 245 Å². The molecule has 0 aromatic carbocycles. The van der Waals surface area contributed by atoms with Crippen LogP contribution in [0, 0.1) is 0 Å². The third-order valence-electron chi connectivity index (χ3n) is 7.96. The van der Waals surface area contributed by atoms with Crippen molar-refractivity contribution in [3.63, 3.8) is 0 Å². The zero-order valence-corrected chi connectivity index (χ0v) is 25.8. The quantitative estimate of drug-likeness (QED) is 0.0438. The third-order valence-corrected chi connectivity index (χ3v) is 7.96. The number of nitrogens with zero attached hydrogens (tertiary/aromatic N) is 1. The van der Waals surface area contributed by atoms with E-state index in [-0.39, 0.29) is 19.3 Å². The maximum absolute atomic E-state index is 11.1. The highest BCUT2D eigenvalue weighted by atomic mass is 16.4. The Hall–Kier alpha value is -1.89. The van der Waals surface area contributed by atoms with E-state index in [0.29, 0.717) is 43.4 Å². The van der Waals surface area contributed by atoms with E-state index in [1.165, 1.54) is 96.3 Å². The Bertz CT molecular complexity index is 613. The van der Waals surface area contributed by atoms with Gasteiger partial charge in [0.05, 0.1) is 45.4 Å². The first-order chi connectivity index (χ1) is 19.3. The lowest BCUT2D eigenvalue weighted by molar-refractivity contribution is -0.929. The molecule has 0 heterocycles. The molecule has 0 aliphatic rings. The van der Waals surface area contributed by atoms with Gasteiger partial charge in [0.1, 0.15) is 0 Å². The number of carboxylic acids is 3. The summed E-state index contributed by atoms with van der Waals surface area (Å²) in [7, 11) is 0. The number of quaternary nitrogens is 1. The van der Waals surface area contributed by atoms with Crippen molar-refractivity contribution < 1.29 is 34.2 Å². The normalized spacial score (nSPS) is 11.8. The molecule has 0 amide bonds. The number of aliphatic carboxylic acids is 3. The van der Waals surface area contributed by atoms with Gasteiger partial charge in [-0.3, -0.25) is 14.4 Å². The standard InChI is InChI=1S/C33H61NO6/c1-2-3-4-5-6-7-8-9-10-11-12-13-14-15-16-17-18-19-20-27-34(28-21-24-31(35)36,29-22-25-32(37)38)30-23-26-33(39)40/h7-8H,2-6,9-30H2,1H3,(H2-,35,36,37,38,39,40)/p+1/b8-7+. The molecule has 0 radical (unpaired) electrons. The molecule has 0 atom stereocenters. The van der Waals surface area contributed by atoms with Crippen molar-refractivity contribution in [2.75, 3.05) is 26.2 Å². The fourth-order valence-electron chi connectivity index (χ4n) is 5.59. The van der Waals surface area contributed by atoms with Gasteiger partial charge in [0.15, 0.2) is 0 Å². The van der Waals surface area contributed by atoms with Crippen LogP contribution in [0.5, 0.6) is 0 Å². The summed E-state index contributed by atoms with van der Waals surface area (Å²) in [4.78, 5) is 33.2. The largest absolute Gasteiger partial charge is 0.481 e. The van der Waals surface area contributed by atoms with Crippen LogP contribution in [0.3, 0.4) is 0 Å². The lowest BCUT2D eigenvalue weighted by Gasteiger charge is -2.39. The van der Waals surface area contributed by atoms with Crippen molar-refractivity contribution in [3.05, 3.63) is 12.2 Å². The average molecular weight is 569 g/mol. The van der Waals surface area contributed by atoms with Crippen molar-refractivity contribution in [3.8, 4) is 0 Å². The maximum Gasteiger partial charge on any atom is 0.303 e. The van der Waals surface area contributed by atoms with Gasteiger partial charge in [-0.1, -0.05) is 89.7 Å². The van der Waals surface area contributed by atoms with Crippen LogP contribution in [0.15, 0.2) is 12.2 Å². The molecule has 0 aromatic heterocycles. The van der Waals surface area contributed by atoms with Crippen molar-refractivity contribution in [1.82, 2.24) is 0 Å². The summed E-state index contributed by atoms with van der Waals surface area (Å²) in [5, 5.41) is 27.3. The number of allylic oxidation sites excluding steroid dienone is 2. The van der Waals surface area contributed by atoms with Crippen LogP contribution in [0.4, 0.5) is 0 Å². The topological polar surface area (TPSA) is 112 Å². The van der Waals surface area contributed by atoms with Gasteiger partial charge >= 0.3 is 17.9 Å². The van der Waals surface area contributed by atoms with Crippen LogP contribution in [0.1, 0.15) is 155 Å². The zero-order valence-electron chi connectivity index (χ0n) is 25.8. The molecule has 0 fully saturated rings. The summed E-state index contributed by atoms with van der Waals surface area (Å²) in [6, 6.07) is 0. The van der Waals surface area contributed by atoms with Gasteiger partial charge < -0.3 is 19.8 Å². The van der Waals surface area contributed by atoms with E-state index in [9.17, 15) is 14.4 Å². The first-order valence-electron chi connectivity index (χ1n) is 16.5. The van der Waals surface area contributed by atoms with Crippen LogP contribution in [-0.4, -0.2) is 63.9 Å². The van der Waals surface area contributed by atoms with Gasteiger partial charge in [-0.05, 0) is 38.5 Å². The Morgan fingerprint density at radius 1 is 0.450 bits per heavy atom. The number of carbonyl (C=O) groups is 3. The molecule has 0 aliphatic carbocycles. The highest BCUT2D eigenvalue weighted by molar-refractivity contribution is 5.67. The predicted molar refractivity (Wildman–Crippen MR) is 164 cm³/mol. The van der Waals surface area contributed by atoms with Gasteiger partial charge in [0.25, 0.3) is 0 Å². The molecule has 0 unspecified atom stereocenters. The molecule has 40 heavy (non-hydrogen) atoms. The van der Waals surface area contributed by atoms with Crippen LogP contribution < -0.4 is 0 Å². The summed E-state index contributed by atoms with van der Waals surface area (Å²) in [6.45, 7) is 5.13. The Morgan fingerprint density at radius 3 is 1.10 bits per heavy atom. The zero-order chi connectivity index (χ0) is 29.7. The van der Waals surface area contributed by atoms with E-state index in [1.54, 1.807) is 0 Å². The second-order valence-electron chi connectivity index (χ2n) is 11.7. The number of rotatable bonds is 31. The monoisotopic (exact) mass is 568 g/mol. The summed E-state index contributed by atoms with van der Waals surface area (Å²) in [6.07, 6.45) is 28.2. The highest BCUT2D eigenvalue weighted by Crippen LogP contribution is 2.19. The summed E-state index contributed by atoms with van der Waals surface area (Å²) in [5.74, 6) is -2.47. The molecule has 0 aliphatic heterocycles. The van der Waals surface area contributed by atoms with E-state index in [4.69, 9.17) is 15.3 Å². The van der Waals surface area contributed by atoms with Gasteiger partial charge in [-0.15, -0.1) is 0 Å². The lowest BCUT2D eigenvalue weighted by atomic mass is 10.0. The summed E-state index contributed by atoms with van der Waals surface area (Å²) >= 11 is 0. The molecule has 0 saturated heterocycles. The molecule has 0 saturated carbocycles. The van der Waals surface area contributed by atoms with Gasteiger partial charge in [0.2, 0.25) is 0 Å². The van der Waals surface area contributed by atoms with Crippen LogP contribution >= 0.6 is 0 Å². The molecular weight excluding hydrogens is 506 g/mol. The minimum absolute atomic E-state index is 0.0914. The van der Waals surface area contributed by atoms with Gasteiger partial charge in [0, 0.05) is 19.3 Å². The first kappa shape index (κ1) is 38.1. The summed E-state index contributed by atoms with van der Waals surface area (Å²) < 4.78 is 0.641. The maximum atomic E-state index is 11.1. The number of hydrogen-bond donors (Lipinski definition) is 3. The number of carboxylic acid groups (broad SMARTS) is 3. The average Bonchev–Trinajstić information content (AvgIpc) is 2.89.